The Labute approximate surface area is 101 Å². The number of amides is 1. The Morgan fingerprint density at radius 1 is 1.35 bits per heavy atom. The minimum atomic E-state index is -1.06. The lowest BCUT2D eigenvalue weighted by Crippen LogP contribution is -2.41. The van der Waals surface area contributed by atoms with Gasteiger partial charge in [0.2, 0.25) is 0 Å². The molecule has 1 rings (SSSR count). The number of rotatable bonds is 2. The first-order valence-electron chi connectivity index (χ1n) is 5.31. The van der Waals surface area contributed by atoms with E-state index in [1.54, 1.807) is 52.2 Å². The van der Waals surface area contributed by atoms with E-state index in [1.807, 2.05) is 0 Å². The second-order valence-electron chi connectivity index (χ2n) is 4.69. The van der Waals surface area contributed by atoms with Gasteiger partial charge in [0, 0.05) is 18.0 Å². The zero-order valence-corrected chi connectivity index (χ0v) is 10.5. The maximum atomic E-state index is 11.1. The van der Waals surface area contributed by atoms with Gasteiger partial charge in [-0.05, 0) is 39.8 Å². The maximum Gasteiger partial charge on any atom is 0.428 e. The van der Waals surface area contributed by atoms with Crippen LogP contribution >= 0.6 is 0 Å². The van der Waals surface area contributed by atoms with E-state index in [4.69, 9.17) is 5.11 Å². The molecule has 0 saturated carbocycles. The zero-order valence-electron chi connectivity index (χ0n) is 10.5. The van der Waals surface area contributed by atoms with Crippen LogP contribution in [0.25, 0.3) is 0 Å². The molecular weight excluding hydrogens is 218 g/mol. The summed E-state index contributed by atoms with van der Waals surface area (Å²) in [5.74, 6) is 0. The van der Waals surface area contributed by atoms with Gasteiger partial charge in [-0.2, -0.15) is 10.1 Å². The van der Waals surface area contributed by atoms with Gasteiger partial charge in [-0.3, -0.25) is 4.98 Å². The molecule has 0 unspecified atom stereocenters. The van der Waals surface area contributed by atoms with Crippen LogP contribution in [0.3, 0.4) is 0 Å². The van der Waals surface area contributed by atoms with Crippen molar-refractivity contribution < 1.29 is 9.90 Å². The lowest BCUT2D eigenvalue weighted by molar-refractivity contribution is 0.103. The summed E-state index contributed by atoms with van der Waals surface area (Å²) < 4.78 is 0. The van der Waals surface area contributed by atoms with Crippen LogP contribution < -0.4 is 0 Å². The number of hydrogen-bond donors (Lipinski definition) is 1. The van der Waals surface area contributed by atoms with E-state index in [0.29, 0.717) is 5.71 Å². The topological polar surface area (TPSA) is 65.8 Å². The van der Waals surface area contributed by atoms with Crippen molar-refractivity contribution in [1.82, 2.24) is 9.99 Å². The van der Waals surface area contributed by atoms with Crippen LogP contribution in [0, 0.1) is 0 Å². The fourth-order valence-electron chi connectivity index (χ4n) is 1.28. The molecular formula is C12H17N3O2. The highest BCUT2D eigenvalue weighted by molar-refractivity contribution is 5.98. The summed E-state index contributed by atoms with van der Waals surface area (Å²) in [7, 11) is 0. The quantitative estimate of drug-likeness (QED) is 0.633. The molecule has 0 aliphatic carbocycles. The summed E-state index contributed by atoms with van der Waals surface area (Å²) in [6.45, 7) is 7.16. The highest BCUT2D eigenvalue weighted by atomic mass is 16.4. The minimum Gasteiger partial charge on any atom is -0.464 e. The molecule has 92 valence electrons. The van der Waals surface area contributed by atoms with Crippen molar-refractivity contribution >= 4 is 11.8 Å². The standard InChI is InChI=1S/C12H17N3O2/c1-9(10-5-7-13-8-6-10)14-15(11(16)17)12(2,3)4/h5-8H,1-4H3,(H,16,17)/b14-9-. The highest BCUT2D eigenvalue weighted by Gasteiger charge is 2.26. The first-order valence-corrected chi connectivity index (χ1v) is 5.31. The third-order valence-corrected chi connectivity index (χ3v) is 2.16. The van der Waals surface area contributed by atoms with Crippen LogP contribution in [0.1, 0.15) is 33.3 Å². The molecule has 1 aromatic rings. The molecule has 0 saturated heterocycles. The van der Waals surface area contributed by atoms with Gasteiger partial charge in [0.25, 0.3) is 0 Å². The van der Waals surface area contributed by atoms with Gasteiger partial charge in [0.05, 0.1) is 11.3 Å². The van der Waals surface area contributed by atoms with Gasteiger partial charge < -0.3 is 5.11 Å². The van der Waals surface area contributed by atoms with Crippen LogP contribution in [0.15, 0.2) is 29.6 Å². The van der Waals surface area contributed by atoms with E-state index < -0.39 is 11.6 Å². The fraction of sp³-hybridized carbons (Fsp3) is 0.417. The molecule has 1 amide bonds. The van der Waals surface area contributed by atoms with Crippen LogP contribution in [0.4, 0.5) is 4.79 Å². The second kappa shape index (κ2) is 4.95. The van der Waals surface area contributed by atoms with Crippen LogP contribution in [0.2, 0.25) is 0 Å². The average Bonchev–Trinajstić information content (AvgIpc) is 2.24. The van der Waals surface area contributed by atoms with Gasteiger partial charge in [-0.15, -0.1) is 0 Å². The average molecular weight is 235 g/mol. The van der Waals surface area contributed by atoms with E-state index >= 15 is 0 Å². The summed E-state index contributed by atoms with van der Waals surface area (Å²) in [5, 5.41) is 14.3. The SMILES string of the molecule is C/C(=N/N(C(=O)O)C(C)(C)C)c1ccncc1. The lowest BCUT2D eigenvalue weighted by atomic mass is 10.1. The molecule has 0 bridgehead atoms. The molecule has 5 nitrogen and oxygen atoms in total. The van der Waals surface area contributed by atoms with Gasteiger partial charge >= 0.3 is 6.09 Å². The third-order valence-electron chi connectivity index (χ3n) is 2.16. The molecule has 0 spiro atoms. The van der Waals surface area contributed by atoms with Crippen LogP contribution in [0.5, 0.6) is 0 Å². The van der Waals surface area contributed by atoms with Gasteiger partial charge in [0.1, 0.15) is 0 Å². The lowest BCUT2D eigenvalue weighted by Gasteiger charge is -2.28. The Bertz CT molecular complexity index is 421. The molecule has 0 radical (unpaired) electrons. The molecule has 1 heterocycles. The van der Waals surface area contributed by atoms with Crippen molar-refractivity contribution in [2.75, 3.05) is 0 Å². The van der Waals surface area contributed by atoms with E-state index in [9.17, 15) is 4.79 Å². The van der Waals surface area contributed by atoms with Gasteiger partial charge in [-0.25, -0.2) is 4.79 Å². The van der Waals surface area contributed by atoms with E-state index in [0.717, 1.165) is 10.6 Å². The predicted octanol–water partition coefficient (Wildman–Crippen LogP) is 2.58. The number of nitrogens with zero attached hydrogens (tertiary/aromatic N) is 3. The van der Waals surface area contributed by atoms with E-state index in [-0.39, 0.29) is 0 Å². The van der Waals surface area contributed by atoms with Crippen molar-refractivity contribution in [3.05, 3.63) is 30.1 Å². The number of pyridine rings is 1. The molecule has 5 heteroatoms. The van der Waals surface area contributed by atoms with Crippen molar-refractivity contribution in [2.45, 2.75) is 33.2 Å². The Morgan fingerprint density at radius 2 is 1.88 bits per heavy atom. The minimum absolute atomic E-state index is 0.569. The predicted molar refractivity (Wildman–Crippen MR) is 66.1 cm³/mol. The fourth-order valence-corrected chi connectivity index (χ4v) is 1.28. The number of hydrogen-bond acceptors (Lipinski definition) is 3. The Morgan fingerprint density at radius 3 is 2.29 bits per heavy atom. The largest absolute Gasteiger partial charge is 0.464 e. The maximum absolute atomic E-state index is 11.1. The number of aromatic nitrogens is 1. The molecule has 0 aromatic carbocycles. The number of hydrazone groups is 1. The molecule has 1 N–H and O–H groups in total. The normalized spacial score (nSPS) is 12.4. The molecule has 17 heavy (non-hydrogen) atoms. The number of carbonyl (C=O) groups is 1. The molecule has 0 atom stereocenters. The van der Waals surface area contributed by atoms with Crippen molar-refractivity contribution in [3.63, 3.8) is 0 Å². The smallest absolute Gasteiger partial charge is 0.428 e. The highest BCUT2D eigenvalue weighted by Crippen LogP contribution is 2.15. The summed E-state index contributed by atoms with van der Waals surface area (Å²) in [6, 6.07) is 3.59. The summed E-state index contributed by atoms with van der Waals surface area (Å²) in [5.41, 5.74) is 0.931. The zero-order chi connectivity index (χ0) is 13.1. The first kappa shape index (κ1) is 13.2. The molecule has 0 aliphatic rings. The number of carboxylic acid groups (broad SMARTS) is 1. The van der Waals surface area contributed by atoms with Gasteiger partial charge in [0.15, 0.2) is 0 Å². The van der Waals surface area contributed by atoms with Crippen LogP contribution in [-0.4, -0.2) is 32.4 Å². The Kier molecular flexibility index (Phi) is 3.83. The van der Waals surface area contributed by atoms with Crippen LogP contribution in [-0.2, 0) is 0 Å². The summed E-state index contributed by atoms with van der Waals surface area (Å²) in [4.78, 5) is 15.0. The van der Waals surface area contributed by atoms with Gasteiger partial charge in [-0.1, -0.05) is 0 Å². The van der Waals surface area contributed by atoms with Crippen molar-refractivity contribution in [2.24, 2.45) is 5.10 Å². The van der Waals surface area contributed by atoms with Crippen molar-refractivity contribution in [3.8, 4) is 0 Å². The van der Waals surface area contributed by atoms with Crippen molar-refractivity contribution in [1.29, 1.82) is 0 Å². The Balaban J connectivity index is 3.04. The molecule has 1 aromatic heterocycles. The summed E-state index contributed by atoms with van der Waals surface area (Å²) in [6.07, 6.45) is 2.23. The van der Waals surface area contributed by atoms with E-state index in [2.05, 4.69) is 10.1 Å². The second-order valence-corrected chi connectivity index (χ2v) is 4.69. The summed E-state index contributed by atoms with van der Waals surface area (Å²) >= 11 is 0. The first-order chi connectivity index (χ1) is 7.82. The van der Waals surface area contributed by atoms with E-state index in [1.165, 1.54) is 0 Å². The molecule has 0 aliphatic heterocycles. The Hall–Kier alpha value is -1.91. The molecule has 0 fully saturated rings. The monoisotopic (exact) mass is 235 g/mol. The third kappa shape index (κ3) is 3.55.